The van der Waals surface area contributed by atoms with E-state index >= 15 is 0 Å². The quantitative estimate of drug-likeness (QED) is 0.122. The van der Waals surface area contributed by atoms with Gasteiger partial charge in [0, 0.05) is 35.2 Å². The van der Waals surface area contributed by atoms with Crippen molar-refractivity contribution in [1.82, 2.24) is 4.98 Å². The van der Waals surface area contributed by atoms with Crippen molar-refractivity contribution in [2.45, 2.75) is 12.5 Å². The lowest BCUT2D eigenvalue weighted by Crippen LogP contribution is -2.23. The van der Waals surface area contributed by atoms with E-state index in [1.807, 2.05) is 12.1 Å². The van der Waals surface area contributed by atoms with Gasteiger partial charge in [-0.15, -0.1) is 5.12 Å². The molecule has 0 aliphatic carbocycles. The molecular weight excluding hydrogens is 481 g/mol. The van der Waals surface area contributed by atoms with Gasteiger partial charge in [0.2, 0.25) is 6.54 Å². The minimum absolute atomic E-state index is 0.0856. The van der Waals surface area contributed by atoms with Crippen molar-refractivity contribution in [3.05, 3.63) is 106 Å². The number of amides is 1. The van der Waals surface area contributed by atoms with Crippen LogP contribution in [0, 0.1) is 10.1 Å². The summed E-state index contributed by atoms with van der Waals surface area (Å²) in [6.45, 7) is 0.323. The zero-order chi connectivity index (χ0) is 26.2. The summed E-state index contributed by atoms with van der Waals surface area (Å²) in [5.74, 6) is -0.0643. The monoisotopic (exact) mass is 507 g/mol. The fourth-order valence-corrected chi connectivity index (χ4v) is 4.03. The van der Waals surface area contributed by atoms with Gasteiger partial charge in [0.15, 0.2) is 0 Å². The van der Waals surface area contributed by atoms with Crippen LogP contribution in [0.3, 0.4) is 0 Å². The van der Waals surface area contributed by atoms with Gasteiger partial charge in [-0.25, -0.2) is 4.79 Å². The number of H-pyrrole nitrogens is 1. The summed E-state index contributed by atoms with van der Waals surface area (Å²) < 4.78 is 30.6. The van der Waals surface area contributed by atoms with Gasteiger partial charge in [0.05, 0.1) is 18.2 Å². The third-order valence-electron chi connectivity index (χ3n) is 5.81. The van der Waals surface area contributed by atoms with Gasteiger partial charge in [0.25, 0.3) is 0 Å². The Hall–Kier alpha value is -4.44. The predicted molar refractivity (Wildman–Crippen MR) is 136 cm³/mol. The Morgan fingerprint density at radius 1 is 1.08 bits per heavy atom. The molecule has 4 aromatic rings. The number of halogens is 1. The molecule has 1 amide bonds. The lowest BCUT2D eigenvalue weighted by molar-refractivity contribution is -0.481. The van der Waals surface area contributed by atoms with Crippen molar-refractivity contribution >= 4 is 22.7 Å². The van der Waals surface area contributed by atoms with Crippen molar-refractivity contribution in [2.75, 3.05) is 32.0 Å². The lowest BCUT2D eigenvalue weighted by atomic mass is 9.90. The van der Waals surface area contributed by atoms with Gasteiger partial charge in [-0.05, 0) is 41.0 Å². The number of hydrogen-bond acceptors (Lipinski definition) is 6. The minimum Gasteiger partial charge on any atom is -0.491 e. The number of hydrogen-bond donors (Lipinski definition) is 1. The zero-order valence-corrected chi connectivity index (χ0v) is 20.1. The van der Waals surface area contributed by atoms with Gasteiger partial charge in [-0.2, -0.15) is 0 Å². The molecule has 37 heavy (non-hydrogen) atoms. The van der Waals surface area contributed by atoms with E-state index in [1.54, 1.807) is 61.8 Å². The predicted octanol–water partition coefficient (Wildman–Crippen LogP) is 5.63. The second-order valence-electron chi connectivity index (χ2n) is 8.28. The summed E-state index contributed by atoms with van der Waals surface area (Å²) in [5, 5.41) is 12.2. The standard InChI is InChI=1S/C27H26FN3O6/c1-35-12-13-36-22-10-11-23-24(16-29-26(23)15-22)25(17-30(33)34)20-8-5-9-21(14-20)31(28)27(32)37-18-19-6-3-2-4-7-19/h2-11,14-16,25,29H,12-13,17-18H2,1H3. The maximum Gasteiger partial charge on any atom is 0.443 e. The first-order valence-electron chi connectivity index (χ1n) is 11.6. The Labute approximate surface area is 212 Å². The number of rotatable bonds is 11. The molecule has 0 saturated heterocycles. The van der Waals surface area contributed by atoms with Crippen LogP contribution in [-0.2, 0) is 16.1 Å². The van der Waals surface area contributed by atoms with Crippen molar-refractivity contribution in [3.8, 4) is 5.75 Å². The summed E-state index contributed by atoms with van der Waals surface area (Å²) in [5.41, 5.74) is 2.53. The van der Waals surface area contributed by atoms with E-state index in [2.05, 4.69) is 4.98 Å². The molecule has 9 nitrogen and oxygen atoms in total. The van der Waals surface area contributed by atoms with E-state index in [4.69, 9.17) is 14.2 Å². The van der Waals surface area contributed by atoms with Crippen molar-refractivity contribution in [1.29, 1.82) is 0 Å². The van der Waals surface area contributed by atoms with Crippen LogP contribution in [0.4, 0.5) is 15.0 Å². The number of fused-ring (bicyclic) bond motifs is 1. The average Bonchev–Trinajstić information content (AvgIpc) is 3.33. The number of carbonyl (C=O) groups excluding carboxylic acids is 1. The molecule has 0 spiro atoms. The van der Waals surface area contributed by atoms with E-state index < -0.39 is 23.5 Å². The number of ether oxygens (including phenoxy) is 3. The Kier molecular flexibility index (Phi) is 8.32. The molecule has 1 aromatic heterocycles. The summed E-state index contributed by atoms with van der Waals surface area (Å²) in [4.78, 5) is 26.6. The molecule has 1 atom stereocenters. The Morgan fingerprint density at radius 3 is 2.65 bits per heavy atom. The van der Waals surface area contributed by atoms with Crippen LogP contribution in [0.2, 0.25) is 0 Å². The topological polar surface area (TPSA) is 107 Å². The molecule has 0 aliphatic heterocycles. The van der Waals surface area contributed by atoms with Crippen LogP contribution in [0.5, 0.6) is 5.75 Å². The maximum atomic E-state index is 14.9. The normalized spacial score (nSPS) is 11.7. The number of aromatic amines is 1. The first-order valence-corrected chi connectivity index (χ1v) is 11.6. The van der Waals surface area contributed by atoms with Crippen LogP contribution in [0.15, 0.2) is 79.0 Å². The molecule has 3 aromatic carbocycles. The first-order chi connectivity index (χ1) is 18.0. The van der Waals surface area contributed by atoms with E-state index in [0.717, 1.165) is 16.5 Å². The second-order valence-corrected chi connectivity index (χ2v) is 8.28. The van der Waals surface area contributed by atoms with Crippen molar-refractivity contribution in [3.63, 3.8) is 0 Å². The Morgan fingerprint density at radius 2 is 1.89 bits per heavy atom. The fourth-order valence-electron chi connectivity index (χ4n) is 4.03. The molecular formula is C27H26FN3O6. The SMILES string of the molecule is COCCOc1ccc2c(C(C[N+](=O)[O-])c3cccc(N(F)C(=O)OCc4ccccc4)c3)c[nH]c2c1. The van der Waals surface area contributed by atoms with Gasteiger partial charge >= 0.3 is 6.09 Å². The number of nitro groups is 1. The minimum atomic E-state index is -1.18. The largest absolute Gasteiger partial charge is 0.491 e. The first kappa shape index (κ1) is 25.6. The average molecular weight is 508 g/mol. The fraction of sp³-hybridized carbons (Fsp3) is 0.222. The lowest BCUT2D eigenvalue weighted by Gasteiger charge is -2.17. The summed E-state index contributed by atoms with van der Waals surface area (Å²) in [6, 6.07) is 20.3. The molecule has 1 unspecified atom stereocenters. The second kappa shape index (κ2) is 12.0. The van der Waals surface area contributed by atoms with Crippen molar-refractivity contribution < 1.29 is 28.4 Å². The third kappa shape index (κ3) is 6.42. The molecule has 192 valence electrons. The number of nitrogens with one attached hydrogen (secondary N) is 1. The Bertz CT molecular complexity index is 1360. The highest BCUT2D eigenvalue weighted by molar-refractivity contribution is 5.87. The number of anilines is 1. The van der Waals surface area contributed by atoms with Gasteiger partial charge in [-0.3, -0.25) is 10.1 Å². The molecule has 0 fully saturated rings. The molecule has 1 N–H and O–H groups in total. The summed E-state index contributed by atoms with van der Waals surface area (Å²) in [6.07, 6.45) is 0.520. The molecule has 0 saturated carbocycles. The van der Waals surface area contributed by atoms with Crippen LogP contribution in [0.1, 0.15) is 22.6 Å². The highest BCUT2D eigenvalue weighted by atomic mass is 19.2. The molecule has 0 aliphatic rings. The molecule has 10 heteroatoms. The number of carbonyl (C=O) groups is 1. The highest BCUT2D eigenvalue weighted by Crippen LogP contribution is 2.34. The summed E-state index contributed by atoms with van der Waals surface area (Å²) >= 11 is 0. The molecule has 1 heterocycles. The van der Waals surface area contributed by atoms with Crippen LogP contribution < -0.4 is 9.86 Å². The zero-order valence-electron chi connectivity index (χ0n) is 20.1. The number of methoxy groups -OCH3 is 1. The smallest absolute Gasteiger partial charge is 0.443 e. The number of benzene rings is 3. The van der Waals surface area contributed by atoms with E-state index in [-0.39, 0.29) is 17.4 Å². The van der Waals surface area contributed by atoms with Crippen LogP contribution in [-0.4, -0.2) is 42.9 Å². The molecule has 4 rings (SSSR count). The number of nitrogens with zero attached hydrogens (tertiary/aromatic N) is 2. The van der Waals surface area contributed by atoms with Crippen molar-refractivity contribution in [2.24, 2.45) is 0 Å². The van der Waals surface area contributed by atoms with E-state index in [1.165, 1.54) is 12.1 Å². The van der Waals surface area contributed by atoms with Gasteiger partial charge in [0.1, 0.15) is 19.0 Å². The van der Waals surface area contributed by atoms with Gasteiger partial charge in [-0.1, -0.05) is 46.9 Å². The Balaban J connectivity index is 1.56. The van der Waals surface area contributed by atoms with Crippen LogP contribution >= 0.6 is 0 Å². The number of aromatic nitrogens is 1. The highest BCUT2D eigenvalue weighted by Gasteiger charge is 2.25. The van der Waals surface area contributed by atoms with Gasteiger partial charge < -0.3 is 19.2 Å². The molecule has 0 radical (unpaired) electrons. The van der Waals surface area contributed by atoms with E-state index in [9.17, 15) is 19.4 Å². The molecule has 0 bridgehead atoms. The van der Waals surface area contributed by atoms with E-state index in [0.29, 0.717) is 30.1 Å². The van der Waals surface area contributed by atoms with Crippen LogP contribution in [0.25, 0.3) is 10.9 Å². The third-order valence-corrected chi connectivity index (χ3v) is 5.81. The summed E-state index contributed by atoms with van der Waals surface area (Å²) in [7, 11) is 1.59. The maximum absolute atomic E-state index is 14.9.